The molecule has 0 saturated heterocycles. The van der Waals surface area contributed by atoms with Gasteiger partial charge in [-0.1, -0.05) is 0 Å². The second-order valence-electron chi connectivity index (χ2n) is 5.29. The van der Waals surface area contributed by atoms with Crippen LogP contribution < -0.4 is 5.73 Å². The van der Waals surface area contributed by atoms with Gasteiger partial charge in [0.15, 0.2) is 11.7 Å². The van der Waals surface area contributed by atoms with Gasteiger partial charge in [-0.3, -0.25) is 4.79 Å². The molecule has 2 rings (SSSR count). The first-order valence-corrected chi connectivity index (χ1v) is 6.31. The van der Waals surface area contributed by atoms with E-state index in [4.69, 9.17) is 14.9 Å². The molecule has 0 aliphatic rings. The van der Waals surface area contributed by atoms with Gasteiger partial charge in [-0.05, 0) is 38.1 Å². The molecule has 0 bridgehead atoms. The fourth-order valence-corrected chi connectivity index (χ4v) is 1.90. The summed E-state index contributed by atoms with van der Waals surface area (Å²) in [4.78, 5) is 15.9. The maximum atomic E-state index is 11.6. The van der Waals surface area contributed by atoms with Gasteiger partial charge in [0.25, 0.3) is 0 Å². The number of ether oxygens (including phenoxy) is 1. The Morgan fingerprint density at radius 2 is 2.00 bits per heavy atom. The second-order valence-corrected chi connectivity index (χ2v) is 5.29. The first-order chi connectivity index (χ1) is 9.42. The molecule has 5 heteroatoms. The predicted molar refractivity (Wildman–Crippen MR) is 75.9 cm³/mol. The van der Waals surface area contributed by atoms with E-state index in [2.05, 4.69) is 4.98 Å². The summed E-state index contributed by atoms with van der Waals surface area (Å²) >= 11 is 0. The zero-order chi connectivity index (χ0) is 14.8. The van der Waals surface area contributed by atoms with Crippen molar-refractivity contribution in [2.45, 2.75) is 20.3 Å². The number of esters is 1. The van der Waals surface area contributed by atoms with Gasteiger partial charge >= 0.3 is 5.97 Å². The highest BCUT2D eigenvalue weighted by atomic mass is 16.5. The molecule has 2 aromatic rings. The molecule has 0 saturated carbocycles. The van der Waals surface area contributed by atoms with Gasteiger partial charge < -0.3 is 14.9 Å². The number of hydrogen-bond donors (Lipinski definition) is 1. The number of nitrogen functional groups attached to an aromatic ring is 1. The molecule has 0 amide bonds. The van der Waals surface area contributed by atoms with Gasteiger partial charge in [-0.15, -0.1) is 0 Å². The molecule has 1 heterocycles. The first kappa shape index (κ1) is 14.1. The van der Waals surface area contributed by atoms with Crippen molar-refractivity contribution in [2.24, 2.45) is 5.41 Å². The van der Waals surface area contributed by atoms with Crippen molar-refractivity contribution in [3.63, 3.8) is 0 Å². The Bertz CT molecular complexity index is 600. The molecule has 2 N–H and O–H groups in total. The highest BCUT2D eigenvalue weighted by molar-refractivity contribution is 5.76. The number of anilines is 1. The van der Waals surface area contributed by atoms with E-state index in [1.54, 1.807) is 32.2 Å². The second kappa shape index (κ2) is 5.36. The summed E-state index contributed by atoms with van der Waals surface area (Å²) in [6, 6.07) is 7.34. The Morgan fingerprint density at radius 1 is 1.35 bits per heavy atom. The zero-order valence-corrected chi connectivity index (χ0v) is 11.8. The quantitative estimate of drug-likeness (QED) is 0.685. The first-order valence-electron chi connectivity index (χ1n) is 6.31. The van der Waals surface area contributed by atoms with Gasteiger partial charge in [0, 0.05) is 17.7 Å². The van der Waals surface area contributed by atoms with Crippen LogP contribution in [0.3, 0.4) is 0 Å². The van der Waals surface area contributed by atoms with Crippen molar-refractivity contribution < 1.29 is 13.9 Å². The van der Waals surface area contributed by atoms with E-state index in [0.29, 0.717) is 23.8 Å². The van der Waals surface area contributed by atoms with Crippen LogP contribution in [0.2, 0.25) is 0 Å². The monoisotopic (exact) mass is 274 g/mol. The van der Waals surface area contributed by atoms with Crippen LogP contribution in [0.4, 0.5) is 5.69 Å². The molecule has 106 valence electrons. The maximum Gasteiger partial charge on any atom is 0.311 e. The lowest BCUT2D eigenvalue weighted by Crippen LogP contribution is -2.28. The van der Waals surface area contributed by atoms with Crippen LogP contribution in [-0.4, -0.2) is 18.1 Å². The van der Waals surface area contributed by atoms with Crippen molar-refractivity contribution in [3.8, 4) is 11.3 Å². The van der Waals surface area contributed by atoms with Crippen molar-refractivity contribution in [2.75, 3.05) is 12.8 Å². The predicted octanol–water partition coefficient (Wildman–Crippen LogP) is 2.67. The average Bonchev–Trinajstić information content (AvgIpc) is 2.86. The van der Waals surface area contributed by atoms with Crippen molar-refractivity contribution in [1.82, 2.24) is 4.98 Å². The molecule has 0 aliphatic carbocycles. The highest BCUT2D eigenvalue weighted by Gasteiger charge is 2.31. The highest BCUT2D eigenvalue weighted by Crippen LogP contribution is 2.26. The third-order valence-corrected chi connectivity index (χ3v) is 3.08. The lowest BCUT2D eigenvalue weighted by molar-refractivity contribution is -0.150. The number of aromatic nitrogens is 1. The summed E-state index contributed by atoms with van der Waals surface area (Å²) in [5, 5.41) is 0. The van der Waals surface area contributed by atoms with Crippen LogP contribution in [0.1, 0.15) is 19.7 Å². The Labute approximate surface area is 117 Å². The Morgan fingerprint density at radius 3 is 2.60 bits per heavy atom. The molecule has 20 heavy (non-hydrogen) atoms. The summed E-state index contributed by atoms with van der Waals surface area (Å²) in [5.41, 5.74) is 6.57. The number of nitrogens with two attached hydrogens (primary N) is 1. The van der Waals surface area contributed by atoms with Gasteiger partial charge in [0.2, 0.25) is 0 Å². The Kier molecular flexibility index (Phi) is 3.79. The molecule has 5 nitrogen and oxygen atoms in total. The molecule has 0 aliphatic heterocycles. The number of nitrogens with zero attached hydrogens (tertiary/aromatic N) is 1. The summed E-state index contributed by atoms with van der Waals surface area (Å²) in [5.74, 6) is 0.873. The van der Waals surface area contributed by atoms with Gasteiger partial charge in [0.05, 0.1) is 18.7 Å². The van der Waals surface area contributed by atoms with E-state index >= 15 is 0 Å². The number of benzene rings is 1. The van der Waals surface area contributed by atoms with E-state index in [0.717, 1.165) is 5.56 Å². The minimum absolute atomic E-state index is 0.287. The van der Waals surface area contributed by atoms with E-state index in [9.17, 15) is 4.79 Å². The minimum atomic E-state index is -0.669. The van der Waals surface area contributed by atoms with Crippen LogP contribution in [0.15, 0.2) is 34.9 Å². The minimum Gasteiger partial charge on any atom is -0.469 e. The molecule has 1 aromatic heterocycles. The van der Waals surface area contributed by atoms with Crippen molar-refractivity contribution in [1.29, 1.82) is 0 Å². The van der Waals surface area contributed by atoms with E-state index < -0.39 is 5.41 Å². The van der Waals surface area contributed by atoms with Crippen molar-refractivity contribution in [3.05, 3.63) is 36.4 Å². The molecule has 0 unspecified atom stereocenters. The molecule has 0 fully saturated rings. The molecular formula is C15H18N2O3. The number of oxazole rings is 1. The van der Waals surface area contributed by atoms with E-state index in [1.807, 2.05) is 12.1 Å². The number of rotatable bonds is 4. The SMILES string of the molecule is COC(=O)C(C)(C)Cc1ncc(-c2ccc(N)cc2)o1. The zero-order valence-electron chi connectivity index (χ0n) is 11.8. The van der Waals surface area contributed by atoms with Gasteiger partial charge in [0.1, 0.15) is 0 Å². The third-order valence-electron chi connectivity index (χ3n) is 3.08. The molecule has 0 atom stereocenters. The fraction of sp³-hybridized carbons (Fsp3) is 0.333. The molecular weight excluding hydrogens is 256 g/mol. The Hall–Kier alpha value is -2.30. The summed E-state index contributed by atoms with van der Waals surface area (Å²) in [7, 11) is 1.37. The van der Waals surface area contributed by atoms with E-state index in [1.165, 1.54) is 7.11 Å². The smallest absolute Gasteiger partial charge is 0.311 e. The lowest BCUT2D eigenvalue weighted by Gasteiger charge is -2.18. The Balaban J connectivity index is 2.17. The van der Waals surface area contributed by atoms with Crippen LogP contribution in [0, 0.1) is 5.41 Å². The number of hydrogen-bond acceptors (Lipinski definition) is 5. The van der Waals surface area contributed by atoms with Crippen LogP contribution in [0.25, 0.3) is 11.3 Å². The molecule has 0 radical (unpaired) electrons. The molecule has 0 spiro atoms. The standard InChI is InChI=1S/C15H18N2O3/c1-15(2,14(18)19-3)8-13-17-9-12(20-13)10-4-6-11(16)7-5-10/h4-7,9H,8,16H2,1-3H3. The largest absolute Gasteiger partial charge is 0.469 e. The number of carbonyl (C=O) groups excluding carboxylic acids is 1. The maximum absolute atomic E-state index is 11.6. The van der Waals surface area contributed by atoms with Crippen LogP contribution in [-0.2, 0) is 16.0 Å². The van der Waals surface area contributed by atoms with E-state index in [-0.39, 0.29) is 5.97 Å². The van der Waals surface area contributed by atoms with Gasteiger partial charge in [-0.25, -0.2) is 4.98 Å². The topological polar surface area (TPSA) is 78.3 Å². The lowest BCUT2D eigenvalue weighted by atomic mass is 9.89. The number of carbonyl (C=O) groups is 1. The number of methoxy groups -OCH3 is 1. The normalized spacial score (nSPS) is 11.3. The average molecular weight is 274 g/mol. The summed E-state index contributed by atoms with van der Waals surface area (Å²) < 4.78 is 10.4. The third kappa shape index (κ3) is 2.99. The van der Waals surface area contributed by atoms with Crippen molar-refractivity contribution >= 4 is 11.7 Å². The van der Waals surface area contributed by atoms with Gasteiger partial charge in [-0.2, -0.15) is 0 Å². The summed E-state index contributed by atoms with van der Waals surface area (Å²) in [6.07, 6.45) is 2.03. The molecule has 1 aromatic carbocycles. The fourth-order valence-electron chi connectivity index (χ4n) is 1.90. The van der Waals surface area contributed by atoms with Crippen LogP contribution >= 0.6 is 0 Å². The van der Waals surface area contributed by atoms with Crippen LogP contribution in [0.5, 0.6) is 0 Å². The summed E-state index contributed by atoms with van der Waals surface area (Å²) in [6.45, 7) is 3.60.